The average Bonchev–Trinajstić information content (AvgIpc) is 3.15. The van der Waals surface area contributed by atoms with Gasteiger partial charge >= 0.3 is 0 Å². The number of piperidine rings is 1. The van der Waals surface area contributed by atoms with Gasteiger partial charge in [-0.1, -0.05) is 53.8 Å². The molecule has 1 saturated heterocycles. The SMILES string of the molecule is CCCSc1nnc(NC(=O)[C@@H]2CCCN(S(=O)(=O)Cc3ccc(Cl)cc3)C2)s1. The Balaban J connectivity index is 1.59. The lowest BCUT2D eigenvalue weighted by atomic mass is 9.99. The van der Waals surface area contributed by atoms with E-state index in [9.17, 15) is 13.2 Å². The highest BCUT2D eigenvalue weighted by Crippen LogP contribution is 2.27. The van der Waals surface area contributed by atoms with Crippen molar-refractivity contribution in [3.8, 4) is 0 Å². The van der Waals surface area contributed by atoms with Gasteiger partial charge in [0.25, 0.3) is 0 Å². The molecule has 3 rings (SSSR count). The molecule has 0 bridgehead atoms. The summed E-state index contributed by atoms with van der Waals surface area (Å²) < 4.78 is 27.8. The molecule has 0 aliphatic carbocycles. The topological polar surface area (TPSA) is 92.3 Å². The van der Waals surface area contributed by atoms with Gasteiger partial charge in [0.05, 0.1) is 11.7 Å². The van der Waals surface area contributed by atoms with E-state index in [0.717, 1.165) is 16.5 Å². The van der Waals surface area contributed by atoms with Crippen LogP contribution in [-0.4, -0.2) is 47.7 Å². The number of sulfonamides is 1. The Morgan fingerprint density at radius 1 is 1.34 bits per heavy atom. The number of hydrogen-bond acceptors (Lipinski definition) is 7. The number of thioether (sulfide) groups is 1. The van der Waals surface area contributed by atoms with E-state index in [2.05, 4.69) is 22.4 Å². The molecular weight excluding hydrogens is 452 g/mol. The molecule has 29 heavy (non-hydrogen) atoms. The van der Waals surface area contributed by atoms with Crippen molar-refractivity contribution in [2.45, 2.75) is 36.3 Å². The van der Waals surface area contributed by atoms with Crippen molar-refractivity contribution < 1.29 is 13.2 Å². The second-order valence-corrected chi connectivity index (χ2v) is 11.5. The molecule has 1 fully saturated rings. The number of amides is 1. The van der Waals surface area contributed by atoms with Gasteiger partial charge < -0.3 is 5.32 Å². The Morgan fingerprint density at radius 3 is 2.83 bits per heavy atom. The fourth-order valence-corrected chi connectivity index (χ4v) is 6.42. The zero-order valence-corrected chi connectivity index (χ0v) is 19.2. The number of nitrogens with one attached hydrogen (secondary N) is 1. The van der Waals surface area contributed by atoms with Crippen LogP contribution in [0.2, 0.25) is 5.02 Å². The molecule has 2 heterocycles. The van der Waals surface area contributed by atoms with Crippen LogP contribution in [-0.2, 0) is 20.6 Å². The number of halogens is 1. The molecule has 1 aromatic carbocycles. The number of carbonyl (C=O) groups is 1. The number of hydrogen-bond donors (Lipinski definition) is 1. The largest absolute Gasteiger partial charge is 0.300 e. The van der Waals surface area contributed by atoms with Gasteiger partial charge in [-0.2, -0.15) is 0 Å². The van der Waals surface area contributed by atoms with E-state index in [4.69, 9.17) is 11.6 Å². The van der Waals surface area contributed by atoms with Crippen molar-refractivity contribution in [3.63, 3.8) is 0 Å². The van der Waals surface area contributed by atoms with Crippen LogP contribution < -0.4 is 5.32 Å². The Morgan fingerprint density at radius 2 is 2.10 bits per heavy atom. The molecule has 1 aliphatic heterocycles. The van der Waals surface area contributed by atoms with Gasteiger partial charge in [0, 0.05) is 23.9 Å². The summed E-state index contributed by atoms with van der Waals surface area (Å²) in [7, 11) is -3.51. The van der Waals surface area contributed by atoms with Crippen LogP contribution in [0.4, 0.5) is 5.13 Å². The maximum atomic E-state index is 12.8. The molecule has 11 heteroatoms. The van der Waals surface area contributed by atoms with Crippen molar-refractivity contribution in [1.29, 1.82) is 0 Å². The molecular formula is C18H23ClN4O3S3. The van der Waals surface area contributed by atoms with Gasteiger partial charge in [0.2, 0.25) is 21.1 Å². The highest BCUT2D eigenvalue weighted by Gasteiger charge is 2.32. The molecule has 0 unspecified atom stereocenters. The highest BCUT2D eigenvalue weighted by atomic mass is 35.5. The smallest absolute Gasteiger partial charge is 0.230 e. The molecule has 1 atom stereocenters. The van der Waals surface area contributed by atoms with Crippen LogP contribution in [0.3, 0.4) is 0 Å². The zero-order valence-electron chi connectivity index (χ0n) is 16.0. The molecule has 2 aromatic rings. The predicted octanol–water partition coefficient (Wildman–Crippen LogP) is 3.87. The molecule has 158 valence electrons. The molecule has 0 saturated carbocycles. The number of benzene rings is 1. The van der Waals surface area contributed by atoms with E-state index in [1.54, 1.807) is 36.0 Å². The van der Waals surface area contributed by atoms with Crippen LogP contribution >= 0.6 is 34.7 Å². The standard InChI is InChI=1S/C18H23ClN4O3S3/c1-2-10-27-18-22-21-17(28-18)20-16(24)14-4-3-9-23(11-14)29(25,26)12-13-5-7-15(19)8-6-13/h5-8,14H,2-4,9-12H2,1H3,(H,20,21,24)/t14-/m1/s1. The van der Waals surface area contributed by atoms with E-state index in [-0.39, 0.29) is 18.2 Å². The van der Waals surface area contributed by atoms with Gasteiger partial charge in [-0.25, -0.2) is 12.7 Å². The minimum atomic E-state index is -3.51. The van der Waals surface area contributed by atoms with Crippen LogP contribution in [0.25, 0.3) is 0 Å². The van der Waals surface area contributed by atoms with Crippen LogP contribution in [0.5, 0.6) is 0 Å². The summed E-state index contributed by atoms with van der Waals surface area (Å²) in [6.45, 7) is 2.70. The first-order valence-corrected chi connectivity index (χ1v) is 13.2. The van der Waals surface area contributed by atoms with Crippen molar-refractivity contribution in [2.24, 2.45) is 5.92 Å². The van der Waals surface area contributed by atoms with E-state index in [0.29, 0.717) is 35.1 Å². The van der Waals surface area contributed by atoms with E-state index >= 15 is 0 Å². The summed E-state index contributed by atoms with van der Waals surface area (Å²) in [5, 5.41) is 11.9. The summed E-state index contributed by atoms with van der Waals surface area (Å²) >= 11 is 8.81. The van der Waals surface area contributed by atoms with E-state index in [1.807, 2.05) is 0 Å². The van der Waals surface area contributed by atoms with Gasteiger partial charge in [0.1, 0.15) is 0 Å². The molecule has 1 aromatic heterocycles. The summed E-state index contributed by atoms with van der Waals surface area (Å²) in [5.41, 5.74) is 0.673. The predicted molar refractivity (Wildman–Crippen MR) is 118 cm³/mol. The lowest BCUT2D eigenvalue weighted by molar-refractivity contribution is -0.120. The molecule has 1 aliphatic rings. The van der Waals surface area contributed by atoms with Gasteiger partial charge in [-0.15, -0.1) is 10.2 Å². The number of rotatable bonds is 8. The molecule has 1 amide bonds. The Bertz CT molecular complexity index is 934. The first kappa shape index (κ1) is 22.5. The fraction of sp³-hybridized carbons (Fsp3) is 0.500. The number of aromatic nitrogens is 2. The van der Waals surface area contributed by atoms with E-state index < -0.39 is 15.9 Å². The maximum absolute atomic E-state index is 12.8. The maximum Gasteiger partial charge on any atom is 0.230 e. The number of nitrogens with zero attached hydrogens (tertiary/aromatic N) is 3. The van der Waals surface area contributed by atoms with Crippen molar-refractivity contribution in [1.82, 2.24) is 14.5 Å². The van der Waals surface area contributed by atoms with E-state index in [1.165, 1.54) is 15.6 Å². The average molecular weight is 475 g/mol. The third-order valence-electron chi connectivity index (χ3n) is 4.48. The minimum absolute atomic E-state index is 0.104. The third-order valence-corrected chi connectivity index (χ3v) is 8.72. The fourth-order valence-electron chi connectivity index (χ4n) is 3.01. The second kappa shape index (κ2) is 10.2. The Kier molecular flexibility index (Phi) is 7.92. The Labute approximate surface area is 184 Å². The Hall–Kier alpha value is -1.20. The lowest BCUT2D eigenvalue weighted by Gasteiger charge is -2.31. The van der Waals surface area contributed by atoms with Gasteiger partial charge in [0.15, 0.2) is 4.34 Å². The number of carbonyl (C=O) groups excluding carboxylic acids is 1. The van der Waals surface area contributed by atoms with Crippen molar-refractivity contribution in [3.05, 3.63) is 34.9 Å². The monoisotopic (exact) mass is 474 g/mol. The normalized spacial score (nSPS) is 17.9. The minimum Gasteiger partial charge on any atom is -0.300 e. The quantitative estimate of drug-likeness (QED) is 0.461. The summed E-state index contributed by atoms with van der Waals surface area (Å²) in [6, 6.07) is 6.76. The molecule has 0 radical (unpaired) electrons. The third kappa shape index (κ3) is 6.39. The first-order valence-electron chi connectivity index (χ1n) is 9.37. The zero-order chi connectivity index (χ0) is 20.9. The van der Waals surface area contributed by atoms with Crippen LogP contribution in [0.15, 0.2) is 28.6 Å². The molecule has 0 spiro atoms. The highest BCUT2D eigenvalue weighted by molar-refractivity contribution is 8.01. The first-order chi connectivity index (χ1) is 13.9. The summed E-state index contributed by atoms with van der Waals surface area (Å²) in [5.74, 6) is 0.234. The molecule has 1 N–H and O–H groups in total. The summed E-state index contributed by atoms with van der Waals surface area (Å²) in [4.78, 5) is 12.6. The van der Waals surface area contributed by atoms with Crippen LogP contribution in [0.1, 0.15) is 31.7 Å². The number of anilines is 1. The summed E-state index contributed by atoms with van der Waals surface area (Å²) in [6.07, 6.45) is 2.33. The second-order valence-electron chi connectivity index (χ2n) is 6.79. The van der Waals surface area contributed by atoms with Gasteiger partial charge in [-0.3, -0.25) is 4.79 Å². The van der Waals surface area contributed by atoms with Gasteiger partial charge in [-0.05, 0) is 37.0 Å². The van der Waals surface area contributed by atoms with Crippen molar-refractivity contribution in [2.75, 3.05) is 24.2 Å². The lowest BCUT2D eigenvalue weighted by Crippen LogP contribution is -2.44. The molecule has 7 nitrogen and oxygen atoms in total. The van der Waals surface area contributed by atoms with Crippen molar-refractivity contribution >= 4 is 55.8 Å². The van der Waals surface area contributed by atoms with Crippen LogP contribution in [0, 0.1) is 5.92 Å².